The Kier molecular flexibility index (Phi) is 6.77. The smallest absolute Gasteiger partial charge is 0.243 e. The van der Waals surface area contributed by atoms with Crippen LogP contribution in [0.5, 0.6) is 0 Å². The zero-order valence-corrected chi connectivity index (χ0v) is 15.9. The van der Waals surface area contributed by atoms with Gasteiger partial charge in [0.2, 0.25) is 15.9 Å². The number of hydrogen-bond donors (Lipinski definition) is 1. The van der Waals surface area contributed by atoms with Crippen LogP contribution in [0.3, 0.4) is 0 Å². The number of carbonyl (C=O) groups is 1. The van der Waals surface area contributed by atoms with Crippen molar-refractivity contribution in [1.29, 1.82) is 0 Å². The third-order valence-electron chi connectivity index (χ3n) is 3.90. The lowest BCUT2D eigenvalue weighted by molar-refractivity contribution is -0.123. The SMILES string of the molecule is CC(C)C(NC(=O)C(C)N(c1cccc(F)c1)S(C)(=O)=O)C(C)C. The second-order valence-corrected chi connectivity index (χ2v) is 8.60. The van der Waals surface area contributed by atoms with Crippen molar-refractivity contribution >= 4 is 21.6 Å². The third-order valence-corrected chi connectivity index (χ3v) is 5.14. The largest absolute Gasteiger partial charge is 0.351 e. The van der Waals surface area contributed by atoms with Crippen LogP contribution in [0.1, 0.15) is 34.6 Å². The van der Waals surface area contributed by atoms with Crippen molar-refractivity contribution < 1.29 is 17.6 Å². The monoisotopic (exact) mass is 358 g/mol. The Balaban J connectivity index is 3.14. The van der Waals surface area contributed by atoms with Gasteiger partial charge in [-0.25, -0.2) is 12.8 Å². The number of anilines is 1. The van der Waals surface area contributed by atoms with Gasteiger partial charge in [0.05, 0.1) is 11.9 Å². The van der Waals surface area contributed by atoms with E-state index >= 15 is 0 Å². The van der Waals surface area contributed by atoms with E-state index in [1.807, 2.05) is 27.7 Å². The fourth-order valence-corrected chi connectivity index (χ4v) is 3.98. The molecule has 0 aromatic heterocycles. The van der Waals surface area contributed by atoms with Crippen LogP contribution in [0.25, 0.3) is 0 Å². The maximum absolute atomic E-state index is 13.5. The van der Waals surface area contributed by atoms with Crippen LogP contribution in [0, 0.1) is 17.7 Å². The summed E-state index contributed by atoms with van der Waals surface area (Å²) in [6.07, 6.45) is 1.00. The molecule has 0 radical (unpaired) electrons. The molecule has 24 heavy (non-hydrogen) atoms. The van der Waals surface area contributed by atoms with Crippen molar-refractivity contribution in [1.82, 2.24) is 5.32 Å². The van der Waals surface area contributed by atoms with Gasteiger partial charge < -0.3 is 5.32 Å². The molecule has 1 aromatic carbocycles. The summed E-state index contributed by atoms with van der Waals surface area (Å²) in [5.41, 5.74) is 0.130. The van der Waals surface area contributed by atoms with Crippen molar-refractivity contribution in [3.63, 3.8) is 0 Å². The normalized spacial score (nSPS) is 13.4. The molecule has 0 fully saturated rings. The Morgan fingerprint density at radius 1 is 1.12 bits per heavy atom. The molecule has 7 heteroatoms. The van der Waals surface area contributed by atoms with Crippen LogP contribution in [0.4, 0.5) is 10.1 Å². The lowest BCUT2D eigenvalue weighted by atomic mass is 9.93. The van der Waals surface area contributed by atoms with Gasteiger partial charge in [-0.05, 0) is 37.0 Å². The van der Waals surface area contributed by atoms with Gasteiger partial charge >= 0.3 is 0 Å². The van der Waals surface area contributed by atoms with E-state index in [0.29, 0.717) is 0 Å². The van der Waals surface area contributed by atoms with E-state index in [-0.39, 0.29) is 23.6 Å². The third kappa shape index (κ3) is 5.19. The molecule has 0 aliphatic rings. The van der Waals surface area contributed by atoms with Crippen molar-refractivity contribution in [2.45, 2.75) is 46.7 Å². The molecular weight excluding hydrogens is 331 g/mol. The van der Waals surface area contributed by atoms with Gasteiger partial charge in [-0.3, -0.25) is 9.10 Å². The second kappa shape index (κ2) is 7.96. The minimum atomic E-state index is -3.75. The van der Waals surface area contributed by atoms with Crippen LogP contribution in [0.15, 0.2) is 24.3 Å². The van der Waals surface area contributed by atoms with E-state index in [0.717, 1.165) is 16.6 Å². The Hall–Kier alpha value is -1.63. The fourth-order valence-electron chi connectivity index (χ4n) is 2.81. The van der Waals surface area contributed by atoms with Gasteiger partial charge in [-0.1, -0.05) is 33.8 Å². The summed E-state index contributed by atoms with van der Waals surface area (Å²) >= 11 is 0. The summed E-state index contributed by atoms with van der Waals surface area (Å²) in [7, 11) is -3.75. The van der Waals surface area contributed by atoms with Gasteiger partial charge in [0.25, 0.3) is 0 Å². The number of benzene rings is 1. The number of nitrogens with one attached hydrogen (secondary N) is 1. The first-order chi connectivity index (χ1) is 10.9. The number of amides is 1. The molecule has 0 bridgehead atoms. The highest BCUT2D eigenvalue weighted by Crippen LogP contribution is 2.22. The van der Waals surface area contributed by atoms with Gasteiger partial charge in [-0.2, -0.15) is 0 Å². The molecule has 0 spiro atoms. The number of hydrogen-bond acceptors (Lipinski definition) is 3. The topological polar surface area (TPSA) is 66.5 Å². The minimum Gasteiger partial charge on any atom is -0.351 e. The van der Waals surface area contributed by atoms with Crippen LogP contribution in [-0.2, 0) is 14.8 Å². The molecule has 0 aliphatic heterocycles. The maximum atomic E-state index is 13.5. The molecular formula is C17H27FN2O3S. The summed E-state index contributed by atoms with van der Waals surface area (Å²) in [5, 5.41) is 2.91. The first-order valence-corrected chi connectivity index (χ1v) is 9.85. The lowest BCUT2D eigenvalue weighted by Crippen LogP contribution is -2.52. The number of carbonyl (C=O) groups excluding carboxylic acids is 1. The summed E-state index contributed by atoms with van der Waals surface area (Å²) < 4.78 is 38.8. The van der Waals surface area contributed by atoms with E-state index < -0.39 is 27.8 Å². The molecule has 1 amide bonds. The van der Waals surface area contributed by atoms with Gasteiger partial charge in [0.15, 0.2) is 0 Å². The Labute approximate surface area is 144 Å². The first-order valence-electron chi connectivity index (χ1n) is 8.00. The molecule has 1 unspecified atom stereocenters. The molecule has 0 saturated carbocycles. The molecule has 0 aliphatic carbocycles. The Morgan fingerprint density at radius 2 is 1.67 bits per heavy atom. The molecule has 1 atom stereocenters. The Morgan fingerprint density at radius 3 is 2.08 bits per heavy atom. The zero-order valence-electron chi connectivity index (χ0n) is 15.1. The number of rotatable bonds is 7. The van der Waals surface area contributed by atoms with E-state index in [1.54, 1.807) is 0 Å². The molecule has 5 nitrogen and oxygen atoms in total. The predicted molar refractivity (Wildman–Crippen MR) is 94.8 cm³/mol. The van der Waals surface area contributed by atoms with Crippen molar-refractivity contribution in [3.05, 3.63) is 30.1 Å². The number of nitrogens with zero attached hydrogens (tertiary/aromatic N) is 1. The fraction of sp³-hybridized carbons (Fsp3) is 0.588. The summed E-state index contributed by atoms with van der Waals surface area (Å²) in [6.45, 7) is 9.49. The minimum absolute atomic E-state index is 0.0751. The van der Waals surface area contributed by atoms with Crippen LogP contribution in [0.2, 0.25) is 0 Å². The van der Waals surface area contributed by atoms with Crippen LogP contribution < -0.4 is 9.62 Å². The summed E-state index contributed by atoms with van der Waals surface area (Å²) in [6, 6.07) is 4.15. The zero-order chi connectivity index (χ0) is 18.7. The maximum Gasteiger partial charge on any atom is 0.243 e. The van der Waals surface area contributed by atoms with Crippen molar-refractivity contribution in [2.75, 3.05) is 10.6 Å². The Bertz CT molecular complexity index is 666. The standard InChI is InChI=1S/C17H27FN2O3S/c1-11(2)16(12(3)4)19-17(21)13(5)20(24(6,22)23)15-9-7-8-14(18)10-15/h7-13,16H,1-6H3,(H,19,21). The molecule has 1 aromatic rings. The highest BCUT2D eigenvalue weighted by Gasteiger charge is 2.31. The van der Waals surface area contributed by atoms with Crippen molar-refractivity contribution in [3.8, 4) is 0 Å². The molecule has 136 valence electrons. The van der Waals surface area contributed by atoms with E-state index in [1.165, 1.54) is 25.1 Å². The predicted octanol–water partition coefficient (Wildman–Crippen LogP) is 2.78. The second-order valence-electron chi connectivity index (χ2n) is 6.74. The lowest BCUT2D eigenvalue weighted by Gasteiger charge is -2.32. The average molecular weight is 358 g/mol. The first kappa shape index (κ1) is 20.4. The summed E-state index contributed by atoms with van der Waals surface area (Å²) in [4.78, 5) is 12.6. The summed E-state index contributed by atoms with van der Waals surface area (Å²) in [5.74, 6) is -0.544. The van der Waals surface area contributed by atoms with E-state index in [2.05, 4.69) is 5.32 Å². The van der Waals surface area contributed by atoms with Gasteiger partial charge in [0, 0.05) is 6.04 Å². The molecule has 1 N–H and O–H groups in total. The quantitative estimate of drug-likeness (QED) is 0.815. The average Bonchev–Trinajstić information content (AvgIpc) is 2.42. The van der Waals surface area contributed by atoms with Gasteiger partial charge in [0.1, 0.15) is 11.9 Å². The van der Waals surface area contributed by atoms with E-state index in [4.69, 9.17) is 0 Å². The molecule has 0 heterocycles. The highest BCUT2D eigenvalue weighted by molar-refractivity contribution is 7.92. The number of halogens is 1. The van der Waals surface area contributed by atoms with E-state index in [9.17, 15) is 17.6 Å². The molecule has 0 saturated heterocycles. The van der Waals surface area contributed by atoms with Crippen LogP contribution >= 0.6 is 0 Å². The van der Waals surface area contributed by atoms with Gasteiger partial charge in [-0.15, -0.1) is 0 Å². The number of sulfonamides is 1. The van der Waals surface area contributed by atoms with Crippen LogP contribution in [-0.4, -0.2) is 32.7 Å². The highest BCUT2D eigenvalue weighted by atomic mass is 32.2. The molecule has 1 rings (SSSR count). The van der Waals surface area contributed by atoms with Crippen molar-refractivity contribution in [2.24, 2.45) is 11.8 Å².